The SMILES string of the molecule is Cc1cc(C(=O)NNc2ccnc(F)c2)no1. The molecule has 0 saturated heterocycles. The topological polar surface area (TPSA) is 80.0 Å². The summed E-state index contributed by atoms with van der Waals surface area (Å²) in [5.41, 5.74) is 5.41. The zero-order valence-corrected chi connectivity index (χ0v) is 8.90. The van der Waals surface area contributed by atoms with Crippen LogP contribution in [0.5, 0.6) is 0 Å². The number of nitrogens with one attached hydrogen (secondary N) is 2. The van der Waals surface area contributed by atoms with Crippen molar-refractivity contribution in [1.29, 1.82) is 0 Å². The first-order chi connectivity index (χ1) is 8.15. The molecule has 0 spiro atoms. The van der Waals surface area contributed by atoms with Crippen molar-refractivity contribution < 1.29 is 13.7 Å². The molecule has 1 amide bonds. The molecule has 0 atom stereocenters. The first-order valence-corrected chi connectivity index (χ1v) is 4.76. The Bertz CT molecular complexity index is 541. The molecule has 0 aliphatic carbocycles. The summed E-state index contributed by atoms with van der Waals surface area (Å²) < 4.78 is 17.5. The van der Waals surface area contributed by atoms with Gasteiger partial charge in [-0.3, -0.25) is 15.6 Å². The minimum absolute atomic E-state index is 0.143. The second-order valence-corrected chi connectivity index (χ2v) is 3.27. The molecule has 0 fully saturated rings. The number of carbonyl (C=O) groups excluding carboxylic acids is 1. The lowest BCUT2D eigenvalue weighted by molar-refractivity contribution is 0.0953. The highest BCUT2D eigenvalue weighted by atomic mass is 19.1. The van der Waals surface area contributed by atoms with Gasteiger partial charge in [0.2, 0.25) is 5.95 Å². The smallest absolute Gasteiger partial charge is 0.291 e. The van der Waals surface area contributed by atoms with Crippen LogP contribution in [0.1, 0.15) is 16.2 Å². The van der Waals surface area contributed by atoms with Crippen molar-refractivity contribution in [2.45, 2.75) is 6.92 Å². The number of nitrogens with zero attached hydrogens (tertiary/aromatic N) is 2. The molecular weight excluding hydrogens is 227 g/mol. The minimum Gasteiger partial charge on any atom is -0.361 e. The Hall–Kier alpha value is -2.44. The Morgan fingerprint density at radius 2 is 2.29 bits per heavy atom. The molecule has 2 N–H and O–H groups in total. The van der Waals surface area contributed by atoms with Gasteiger partial charge in [-0.15, -0.1) is 0 Å². The average molecular weight is 236 g/mol. The van der Waals surface area contributed by atoms with Gasteiger partial charge < -0.3 is 4.52 Å². The minimum atomic E-state index is -0.637. The summed E-state index contributed by atoms with van der Waals surface area (Å²) in [6.45, 7) is 1.68. The molecule has 2 heterocycles. The van der Waals surface area contributed by atoms with Crippen molar-refractivity contribution in [2.75, 3.05) is 5.43 Å². The van der Waals surface area contributed by atoms with E-state index >= 15 is 0 Å². The predicted molar refractivity (Wildman–Crippen MR) is 56.5 cm³/mol. The summed E-state index contributed by atoms with van der Waals surface area (Å²) in [5.74, 6) is -0.578. The van der Waals surface area contributed by atoms with Gasteiger partial charge in [0, 0.05) is 18.3 Å². The van der Waals surface area contributed by atoms with Crippen LogP contribution in [-0.4, -0.2) is 16.0 Å². The van der Waals surface area contributed by atoms with Gasteiger partial charge in [0.15, 0.2) is 5.69 Å². The number of aromatic nitrogens is 2. The van der Waals surface area contributed by atoms with E-state index in [9.17, 15) is 9.18 Å². The van der Waals surface area contributed by atoms with E-state index in [2.05, 4.69) is 21.0 Å². The van der Waals surface area contributed by atoms with E-state index in [0.29, 0.717) is 11.4 Å². The van der Waals surface area contributed by atoms with Crippen LogP contribution in [0.3, 0.4) is 0 Å². The Morgan fingerprint density at radius 3 is 2.94 bits per heavy atom. The third-order valence-corrected chi connectivity index (χ3v) is 1.91. The largest absolute Gasteiger partial charge is 0.361 e. The van der Waals surface area contributed by atoms with Gasteiger partial charge in [0.1, 0.15) is 5.76 Å². The lowest BCUT2D eigenvalue weighted by Gasteiger charge is -2.05. The summed E-state index contributed by atoms with van der Waals surface area (Å²) in [5, 5.41) is 3.53. The van der Waals surface area contributed by atoms with Gasteiger partial charge in [-0.25, -0.2) is 4.98 Å². The fourth-order valence-electron chi connectivity index (χ4n) is 1.15. The van der Waals surface area contributed by atoms with Gasteiger partial charge >= 0.3 is 0 Å². The van der Waals surface area contributed by atoms with Crippen molar-refractivity contribution in [1.82, 2.24) is 15.6 Å². The highest BCUT2D eigenvalue weighted by molar-refractivity contribution is 5.92. The fraction of sp³-hybridized carbons (Fsp3) is 0.100. The zero-order valence-electron chi connectivity index (χ0n) is 8.90. The molecule has 88 valence electrons. The summed E-state index contributed by atoms with van der Waals surface area (Å²) >= 11 is 0. The van der Waals surface area contributed by atoms with Gasteiger partial charge in [-0.1, -0.05) is 5.16 Å². The van der Waals surface area contributed by atoms with E-state index in [-0.39, 0.29) is 5.69 Å². The Morgan fingerprint density at radius 1 is 1.47 bits per heavy atom. The Balaban J connectivity index is 1.97. The molecule has 0 aromatic carbocycles. The molecule has 0 aliphatic heterocycles. The molecule has 2 aromatic heterocycles. The zero-order chi connectivity index (χ0) is 12.3. The number of pyridine rings is 1. The lowest BCUT2D eigenvalue weighted by atomic mass is 10.4. The number of hydrogen-bond donors (Lipinski definition) is 2. The summed E-state index contributed by atoms with van der Waals surface area (Å²) in [6.07, 6.45) is 1.28. The van der Waals surface area contributed by atoms with Crippen LogP contribution in [0.25, 0.3) is 0 Å². The van der Waals surface area contributed by atoms with Crippen LogP contribution in [0.2, 0.25) is 0 Å². The normalized spacial score (nSPS) is 10.0. The molecular formula is C10H9FN4O2. The molecule has 0 unspecified atom stereocenters. The van der Waals surface area contributed by atoms with Gasteiger partial charge in [-0.2, -0.15) is 4.39 Å². The van der Waals surface area contributed by atoms with E-state index in [1.807, 2.05) is 0 Å². The molecule has 2 rings (SSSR count). The van der Waals surface area contributed by atoms with E-state index in [0.717, 1.165) is 6.07 Å². The molecule has 0 saturated carbocycles. The maximum absolute atomic E-state index is 12.7. The van der Waals surface area contributed by atoms with Gasteiger partial charge in [0.05, 0.1) is 5.69 Å². The highest BCUT2D eigenvalue weighted by Crippen LogP contribution is 2.05. The van der Waals surface area contributed by atoms with Crippen LogP contribution in [0.15, 0.2) is 28.9 Å². The third kappa shape index (κ3) is 2.77. The van der Waals surface area contributed by atoms with E-state index in [4.69, 9.17) is 4.52 Å². The number of amides is 1. The first kappa shape index (κ1) is 11.1. The van der Waals surface area contributed by atoms with Crippen LogP contribution >= 0.6 is 0 Å². The maximum Gasteiger partial charge on any atom is 0.291 e. The third-order valence-electron chi connectivity index (χ3n) is 1.91. The van der Waals surface area contributed by atoms with Crippen molar-refractivity contribution in [3.63, 3.8) is 0 Å². The average Bonchev–Trinajstić information content (AvgIpc) is 2.73. The monoisotopic (exact) mass is 236 g/mol. The quantitative estimate of drug-likeness (QED) is 0.619. The van der Waals surface area contributed by atoms with E-state index in [1.165, 1.54) is 18.3 Å². The lowest BCUT2D eigenvalue weighted by Crippen LogP contribution is -2.29. The molecule has 7 heteroatoms. The van der Waals surface area contributed by atoms with Gasteiger partial charge in [-0.05, 0) is 13.0 Å². The number of rotatable bonds is 3. The van der Waals surface area contributed by atoms with Crippen LogP contribution in [0.4, 0.5) is 10.1 Å². The molecule has 0 aliphatic rings. The number of halogens is 1. The van der Waals surface area contributed by atoms with Crippen molar-refractivity contribution >= 4 is 11.6 Å². The molecule has 0 bridgehead atoms. The van der Waals surface area contributed by atoms with Crippen LogP contribution in [-0.2, 0) is 0 Å². The Kier molecular flexibility index (Phi) is 2.99. The van der Waals surface area contributed by atoms with E-state index < -0.39 is 11.9 Å². The van der Waals surface area contributed by atoms with Crippen LogP contribution < -0.4 is 10.9 Å². The van der Waals surface area contributed by atoms with Crippen molar-refractivity contribution in [3.8, 4) is 0 Å². The first-order valence-electron chi connectivity index (χ1n) is 4.76. The standard InChI is InChI=1S/C10H9FN4O2/c1-6-4-8(15-17-6)10(16)14-13-7-2-3-12-9(11)5-7/h2-5H,1H3,(H,12,13)(H,14,16). The number of hydrogen-bond acceptors (Lipinski definition) is 5. The number of anilines is 1. The second kappa shape index (κ2) is 4.60. The summed E-state index contributed by atoms with van der Waals surface area (Å²) in [7, 11) is 0. The molecule has 17 heavy (non-hydrogen) atoms. The van der Waals surface area contributed by atoms with Crippen molar-refractivity contribution in [3.05, 3.63) is 41.8 Å². The Labute approximate surface area is 95.8 Å². The molecule has 0 radical (unpaired) electrons. The predicted octanol–water partition coefficient (Wildman–Crippen LogP) is 1.27. The molecule has 6 nitrogen and oxygen atoms in total. The fourth-order valence-corrected chi connectivity index (χ4v) is 1.15. The van der Waals surface area contributed by atoms with Gasteiger partial charge in [0.25, 0.3) is 5.91 Å². The summed E-state index contributed by atoms with van der Waals surface area (Å²) in [4.78, 5) is 14.9. The summed E-state index contributed by atoms with van der Waals surface area (Å²) in [6, 6.07) is 4.15. The van der Waals surface area contributed by atoms with Crippen LogP contribution in [0, 0.1) is 12.9 Å². The van der Waals surface area contributed by atoms with E-state index in [1.54, 1.807) is 6.92 Å². The maximum atomic E-state index is 12.7. The highest BCUT2D eigenvalue weighted by Gasteiger charge is 2.10. The van der Waals surface area contributed by atoms with Crippen molar-refractivity contribution in [2.24, 2.45) is 0 Å². The number of hydrazine groups is 1. The molecule has 2 aromatic rings. The number of aryl methyl sites for hydroxylation is 1. The number of carbonyl (C=O) groups is 1. The second-order valence-electron chi connectivity index (χ2n) is 3.27.